The number of hydrogen-bond acceptors (Lipinski definition) is 3. The molecule has 3 aromatic rings. The second-order valence-corrected chi connectivity index (χ2v) is 7.43. The molecule has 0 spiro atoms. The van der Waals surface area contributed by atoms with Crippen LogP contribution in [0.3, 0.4) is 0 Å². The highest BCUT2D eigenvalue weighted by Gasteiger charge is 2.47. The van der Waals surface area contributed by atoms with Crippen LogP contribution in [0.1, 0.15) is 33.1 Å². The van der Waals surface area contributed by atoms with E-state index in [9.17, 15) is 9.59 Å². The van der Waals surface area contributed by atoms with Crippen LogP contribution in [0.2, 0.25) is 0 Å². The van der Waals surface area contributed by atoms with Crippen LogP contribution in [-0.2, 0) is 4.79 Å². The molecule has 2 amide bonds. The molecule has 4 rings (SSSR count). The minimum absolute atomic E-state index is 0.277. The van der Waals surface area contributed by atoms with Crippen molar-refractivity contribution in [2.75, 3.05) is 7.11 Å². The lowest BCUT2D eigenvalue weighted by molar-refractivity contribution is -0.596. The quantitative estimate of drug-likeness (QED) is 0.631. The van der Waals surface area contributed by atoms with E-state index in [2.05, 4.69) is 10.7 Å². The number of ether oxygens (including phenoxy) is 1. The zero-order chi connectivity index (χ0) is 21.8. The van der Waals surface area contributed by atoms with Crippen LogP contribution in [0.25, 0.3) is 0 Å². The van der Waals surface area contributed by atoms with Gasteiger partial charge in [-0.2, -0.15) is 0 Å². The molecule has 1 heterocycles. The number of para-hydroxylation sites is 1. The van der Waals surface area contributed by atoms with Gasteiger partial charge in [0.2, 0.25) is 12.3 Å². The molecule has 156 valence electrons. The molecule has 0 bridgehead atoms. The van der Waals surface area contributed by atoms with Crippen LogP contribution in [0, 0.1) is 6.92 Å². The van der Waals surface area contributed by atoms with Gasteiger partial charge >= 0.3 is 5.91 Å². The molecule has 0 unspecified atom stereocenters. The average Bonchev–Trinajstić information content (AvgIpc) is 3.09. The van der Waals surface area contributed by atoms with E-state index in [0.29, 0.717) is 11.3 Å². The predicted molar refractivity (Wildman–Crippen MR) is 118 cm³/mol. The molecule has 6 nitrogen and oxygen atoms in total. The number of hydrazone groups is 1. The Morgan fingerprint density at radius 1 is 1.00 bits per heavy atom. The van der Waals surface area contributed by atoms with E-state index >= 15 is 0 Å². The lowest BCUT2D eigenvalue weighted by atomic mass is 9.99. The summed E-state index contributed by atoms with van der Waals surface area (Å²) in [5.74, 6) is 0.122. The lowest BCUT2D eigenvalue weighted by Crippen LogP contribution is -2.42. The van der Waals surface area contributed by atoms with E-state index < -0.39 is 12.1 Å². The van der Waals surface area contributed by atoms with Crippen molar-refractivity contribution in [1.29, 1.82) is 0 Å². The van der Waals surface area contributed by atoms with Crippen molar-refractivity contribution in [2.45, 2.75) is 19.0 Å². The molecular weight excluding hydrogens is 390 g/mol. The maximum atomic E-state index is 12.9. The fourth-order valence-electron chi connectivity index (χ4n) is 3.68. The molecule has 2 N–H and O–H groups in total. The highest BCUT2D eigenvalue weighted by atomic mass is 16.5. The van der Waals surface area contributed by atoms with Gasteiger partial charge in [-0.15, -0.1) is 10.1 Å². The Hall–Kier alpha value is -3.93. The van der Waals surface area contributed by atoms with E-state index in [0.717, 1.165) is 16.7 Å². The van der Waals surface area contributed by atoms with Crippen molar-refractivity contribution >= 4 is 18.0 Å². The Morgan fingerprint density at radius 3 is 2.39 bits per heavy atom. The van der Waals surface area contributed by atoms with Crippen molar-refractivity contribution in [1.82, 2.24) is 10.7 Å². The highest BCUT2D eigenvalue weighted by Crippen LogP contribution is 2.26. The van der Waals surface area contributed by atoms with Gasteiger partial charge in [0.1, 0.15) is 5.75 Å². The summed E-state index contributed by atoms with van der Waals surface area (Å²) in [5, 5.41) is 2.91. The molecule has 1 aliphatic heterocycles. The first-order chi connectivity index (χ1) is 15.1. The molecule has 3 aromatic carbocycles. The first-order valence-corrected chi connectivity index (χ1v) is 10.1. The standard InChI is InChI=1S/C25H23N3O3/c1-17-12-14-19(15-13-17)24(29)26-22-23(18-8-4-3-5-9-18)28(27-25(22)30)16-20-10-6-7-11-21(20)31-2/h3-16,22-23H,1-2H3,(H-,26,27,29,30)/p+1/b28-16-/t22-,23+/m1/s1. The van der Waals surface area contributed by atoms with Crippen LogP contribution in [0.5, 0.6) is 5.75 Å². The summed E-state index contributed by atoms with van der Waals surface area (Å²) in [6.45, 7) is 1.96. The van der Waals surface area contributed by atoms with Gasteiger partial charge in [-0.3, -0.25) is 9.59 Å². The summed E-state index contributed by atoms with van der Waals surface area (Å²) >= 11 is 0. The highest BCUT2D eigenvalue weighted by molar-refractivity contribution is 5.98. The van der Waals surface area contributed by atoms with E-state index in [-0.39, 0.29) is 11.8 Å². The SMILES string of the molecule is COc1ccccc1/C=[N+]1\NC(=O)[C@H](NC(=O)c2ccc(C)cc2)[C@@H]1c1ccccc1. The maximum Gasteiger partial charge on any atom is 0.304 e. The summed E-state index contributed by atoms with van der Waals surface area (Å²) in [5.41, 5.74) is 6.18. The van der Waals surface area contributed by atoms with Crippen molar-refractivity contribution < 1.29 is 19.0 Å². The molecule has 2 atom stereocenters. The number of methoxy groups -OCH3 is 1. The summed E-state index contributed by atoms with van der Waals surface area (Å²) in [7, 11) is 1.61. The summed E-state index contributed by atoms with van der Waals surface area (Å²) in [4.78, 5) is 25.8. The van der Waals surface area contributed by atoms with Crippen LogP contribution in [0.15, 0.2) is 78.9 Å². The number of rotatable bonds is 5. The number of nitrogens with one attached hydrogen (secondary N) is 2. The van der Waals surface area contributed by atoms with Gasteiger partial charge in [0.05, 0.1) is 12.7 Å². The van der Waals surface area contributed by atoms with Crippen molar-refractivity contribution in [3.8, 4) is 5.75 Å². The Labute approximate surface area is 181 Å². The second kappa shape index (κ2) is 8.83. The fourth-order valence-corrected chi connectivity index (χ4v) is 3.68. The first-order valence-electron chi connectivity index (χ1n) is 10.1. The number of benzene rings is 3. The van der Waals surface area contributed by atoms with E-state index in [1.165, 1.54) is 0 Å². The third kappa shape index (κ3) is 4.33. The van der Waals surface area contributed by atoms with E-state index in [1.54, 1.807) is 23.9 Å². The van der Waals surface area contributed by atoms with Gasteiger partial charge in [0, 0.05) is 11.1 Å². The Bertz CT molecular complexity index is 1120. The van der Waals surface area contributed by atoms with Gasteiger partial charge in [-0.25, -0.2) is 0 Å². The Kier molecular flexibility index (Phi) is 5.80. The second-order valence-electron chi connectivity index (χ2n) is 7.43. The molecule has 0 saturated carbocycles. The number of carbonyl (C=O) groups is 2. The molecule has 1 saturated heterocycles. The zero-order valence-corrected chi connectivity index (χ0v) is 17.4. The minimum atomic E-state index is -0.762. The Morgan fingerprint density at radius 2 is 1.68 bits per heavy atom. The third-order valence-corrected chi connectivity index (χ3v) is 5.30. The summed E-state index contributed by atoms with van der Waals surface area (Å²) in [6, 6.07) is 23.3. The minimum Gasteiger partial charge on any atom is -0.496 e. The summed E-state index contributed by atoms with van der Waals surface area (Å²) in [6.07, 6.45) is 1.83. The number of aryl methyl sites for hydroxylation is 1. The number of amides is 2. The van der Waals surface area contributed by atoms with Gasteiger partial charge in [-0.05, 0) is 31.2 Å². The van der Waals surface area contributed by atoms with Crippen molar-refractivity contribution in [3.05, 3.63) is 101 Å². The molecule has 6 heteroatoms. The van der Waals surface area contributed by atoms with Crippen LogP contribution in [-0.4, -0.2) is 35.9 Å². The van der Waals surface area contributed by atoms with Crippen molar-refractivity contribution in [3.63, 3.8) is 0 Å². The summed E-state index contributed by atoms with van der Waals surface area (Å²) < 4.78 is 7.17. The predicted octanol–water partition coefficient (Wildman–Crippen LogP) is 3.02. The van der Waals surface area contributed by atoms with Crippen LogP contribution in [0.4, 0.5) is 0 Å². The number of hydrogen-bond donors (Lipinski definition) is 2. The normalized spacial score (nSPS) is 19.2. The molecule has 31 heavy (non-hydrogen) atoms. The fraction of sp³-hybridized carbons (Fsp3) is 0.160. The van der Waals surface area contributed by atoms with E-state index in [1.807, 2.05) is 79.9 Å². The number of hydrazine groups is 1. The van der Waals surface area contributed by atoms with Gasteiger partial charge < -0.3 is 10.1 Å². The lowest BCUT2D eigenvalue weighted by Gasteiger charge is -2.15. The number of carbonyl (C=O) groups excluding carboxylic acids is 2. The number of nitrogens with zero attached hydrogens (tertiary/aromatic N) is 1. The smallest absolute Gasteiger partial charge is 0.304 e. The molecule has 1 fully saturated rings. The maximum absolute atomic E-state index is 12.9. The van der Waals surface area contributed by atoms with E-state index in [4.69, 9.17) is 4.74 Å². The third-order valence-electron chi connectivity index (χ3n) is 5.30. The average molecular weight is 414 g/mol. The first kappa shape index (κ1) is 20.3. The molecule has 1 aliphatic rings. The molecule has 0 radical (unpaired) electrons. The monoisotopic (exact) mass is 414 g/mol. The Balaban J connectivity index is 1.71. The molecule has 0 aliphatic carbocycles. The van der Waals surface area contributed by atoms with Gasteiger partial charge in [-0.1, -0.05) is 60.2 Å². The van der Waals surface area contributed by atoms with Gasteiger partial charge in [0.25, 0.3) is 5.91 Å². The molecule has 0 aromatic heterocycles. The van der Waals surface area contributed by atoms with Crippen molar-refractivity contribution in [2.24, 2.45) is 0 Å². The topological polar surface area (TPSA) is 70.4 Å². The largest absolute Gasteiger partial charge is 0.496 e. The van der Waals surface area contributed by atoms with Crippen LogP contribution >= 0.6 is 0 Å². The molecular formula is C25H24N3O3+. The van der Waals surface area contributed by atoms with Gasteiger partial charge in [0.15, 0.2) is 6.04 Å². The zero-order valence-electron chi connectivity index (χ0n) is 17.4. The van der Waals surface area contributed by atoms with Crippen LogP contribution < -0.4 is 15.5 Å².